The molecule has 1 heterocycles. The molecule has 5 heteroatoms. The molecule has 1 atom stereocenters. The third kappa shape index (κ3) is 3.96. The van der Waals surface area contributed by atoms with Crippen LogP contribution in [0.3, 0.4) is 0 Å². The largest absolute Gasteiger partial charge is 0.416 e. The second kappa shape index (κ2) is 7.84. The van der Waals surface area contributed by atoms with Gasteiger partial charge in [-0.1, -0.05) is 72.8 Å². The van der Waals surface area contributed by atoms with E-state index in [4.69, 9.17) is 5.41 Å². The molecule has 29 heavy (non-hydrogen) atoms. The van der Waals surface area contributed by atoms with Gasteiger partial charge in [-0.2, -0.15) is 13.2 Å². The second-order valence-corrected chi connectivity index (χ2v) is 7.26. The van der Waals surface area contributed by atoms with Crippen LogP contribution >= 0.6 is 0 Å². The summed E-state index contributed by atoms with van der Waals surface area (Å²) in [4.78, 5) is 2.20. The van der Waals surface area contributed by atoms with Crippen LogP contribution in [-0.2, 0) is 6.18 Å². The Hall–Kier alpha value is -2.92. The molecular formula is C24H21F3N2. The predicted molar refractivity (Wildman–Crippen MR) is 108 cm³/mol. The maximum Gasteiger partial charge on any atom is 0.416 e. The van der Waals surface area contributed by atoms with Crippen molar-refractivity contribution in [1.82, 2.24) is 4.90 Å². The number of halogens is 3. The molecule has 1 fully saturated rings. The maximum atomic E-state index is 13.1. The average Bonchev–Trinajstić information content (AvgIpc) is 2.72. The van der Waals surface area contributed by atoms with Crippen LogP contribution in [0.2, 0.25) is 0 Å². The smallest absolute Gasteiger partial charge is 0.303 e. The number of benzene rings is 3. The zero-order valence-corrected chi connectivity index (χ0v) is 15.7. The number of likely N-dealkylation sites (tertiary alicyclic amines) is 1. The first-order chi connectivity index (χ1) is 13.9. The van der Waals surface area contributed by atoms with Crippen LogP contribution in [0, 0.1) is 5.41 Å². The van der Waals surface area contributed by atoms with Crippen molar-refractivity contribution in [3.05, 3.63) is 107 Å². The third-order valence-electron chi connectivity index (χ3n) is 5.46. The zero-order chi connectivity index (χ0) is 20.4. The van der Waals surface area contributed by atoms with E-state index >= 15 is 0 Å². The standard InChI is InChI=1S/C24H21F3N2/c25-24(26,27)20-13-7-12-19(16-20)22(28)21-14-15-29(21)23(17-8-3-1-4-9-17)18-10-5-2-6-11-18/h1-13,16,21,23,28H,14-15H2. The SMILES string of the molecule is N=C(c1cccc(C(F)(F)F)c1)C1CCN1C(c1ccccc1)c1ccccc1. The van der Waals surface area contributed by atoms with E-state index in [0.717, 1.165) is 36.2 Å². The van der Waals surface area contributed by atoms with Crippen molar-refractivity contribution < 1.29 is 13.2 Å². The summed E-state index contributed by atoms with van der Waals surface area (Å²) in [5.41, 5.74) is 2.07. The van der Waals surface area contributed by atoms with Crippen molar-refractivity contribution in [2.45, 2.75) is 24.7 Å². The molecule has 1 unspecified atom stereocenters. The van der Waals surface area contributed by atoms with E-state index in [0.29, 0.717) is 5.56 Å². The van der Waals surface area contributed by atoms with Crippen LogP contribution in [0.15, 0.2) is 84.9 Å². The maximum absolute atomic E-state index is 13.1. The second-order valence-electron chi connectivity index (χ2n) is 7.26. The van der Waals surface area contributed by atoms with Gasteiger partial charge in [-0.3, -0.25) is 4.90 Å². The molecule has 0 spiro atoms. The number of hydrogen-bond acceptors (Lipinski definition) is 2. The molecule has 3 aromatic rings. The zero-order valence-electron chi connectivity index (χ0n) is 15.7. The summed E-state index contributed by atoms with van der Waals surface area (Å²) in [6.07, 6.45) is -3.66. The van der Waals surface area contributed by atoms with Gasteiger partial charge in [0.2, 0.25) is 0 Å². The van der Waals surface area contributed by atoms with Crippen molar-refractivity contribution in [3.8, 4) is 0 Å². The third-order valence-corrected chi connectivity index (χ3v) is 5.46. The number of alkyl halides is 3. The first-order valence-electron chi connectivity index (χ1n) is 9.57. The van der Waals surface area contributed by atoms with Crippen molar-refractivity contribution in [1.29, 1.82) is 5.41 Å². The van der Waals surface area contributed by atoms with Crippen molar-refractivity contribution >= 4 is 5.71 Å². The minimum Gasteiger partial charge on any atom is -0.303 e. The molecule has 1 N–H and O–H groups in total. The molecule has 1 aliphatic rings. The van der Waals surface area contributed by atoms with Gasteiger partial charge in [0.25, 0.3) is 0 Å². The van der Waals surface area contributed by atoms with Gasteiger partial charge in [-0.15, -0.1) is 0 Å². The normalized spacial score (nSPS) is 17.2. The Kier molecular flexibility index (Phi) is 5.24. The van der Waals surface area contributed by atoms with Gasteiger partial charge in [-0.05, 0) is 35.2 Å². The summed E-state index contributed by atoms with van der Waals surface area (Å²) < 4.78 is 39.3. The summed E-state index contributed by atoms with van der Waals surface area (Å²) in [5.74, 6) is 0. The van der Waals surface area contributed by atoms with E-state index in [1.165, 1.54) is 6.07 Å². The summed E-state index contributed by atoms with van der Waals surface area (Å²) in [5, 5.41) is 8.63. The van der Waals surface area contributed by atoms with Crippen molar-refractivity contribution in [3.63, 3.8) is 0 Å². The summed E-state index contributed by atoms with van der Waals surface area (Å²) in [7, 11) is 0. The highest BCUT2D eigenvalue weighted by Gasteiger charge is 2.39. The molecule has 1 aliphatic heterocycles. The van der Waals surface area contributed by atoms with E-state index < -0.39 is 11.7 Å². The number of nitrogens with zero attached hydrogens (tertiary/aromatic N) is 1. The molecule has 4 rings (SSSR count). The lowest BCUT2D eigenvalue weighted by atomic mass is 9.86. The molecule has 0 amide bonds. The van der Waals surface area contributed by atoms with Gasteiger partial charge < -0.3 is 5.41 Å². The lowest BCUT2D eigenvalue weighted by Gasteiger charge is -2.46. The van der Waals surface area contributed by atoms with Gasteiger partial charge in [0, 0.05) is 6.54 Å². The van der Waals surface area contributed by atoms with Gasteiger partial charge >= 0.3 is 6.18 Å². The molecule has 0 aliphatic carbocycles. The van der Waals surface area contributed by atoms with E-state index in [2.05, 4.69) is 29.2 Å². The highest BCUT2D eigenvalue weighted by Crippen LogP contribution is 2.37. The Labute approximate surface area is 168 Å². The lowest BCUT2D eigenvalue weighted by molar-refractivity contribution is -0.137. The minimum absolute atomic E-state index is 0.0395. The van der Waals surface area contributed by atoms with Crippen LogP contribution in [-0.4, -0.2) is 23.2 Å². The monoisotopic (exact) mass is 394 g/mol. The van der Waals surface area contributed by atoms with Crippen LogP contribution in [0.5, 0.6) is 0 Å². The molecule has 0 aromatic heterocycles. The quantitative estimate of drug-likeness (QED) is 0.533. The molecule has 2 nitrogen and oxygen atoms in total. The number of hydrogen-bond donors (Lipinski definition) is 1. The molecule has 148 valence electrons. The predicted octanol–water partition coefficient (Wildman–Crippen LogP) is 5.94. The van der Waals surface area contributed by atoms with Crippen molar-refractivity contribution in [2.75, 3.05) is 6.54 Å². The summed E-state index contributed by atoms with van der Waals surface area (Å²) in [6.45, 7) is 0.792. The fourth-order valence-corrected chi connectivity index (χ4v) is 3.93. The molecule has 0 radical (unpaired) electrons. The summed E-state index contributed by atoms with van der Waals surface area (Å²) >= 11 is 0. The van der Waals surface area contributed by atoms with Crippen molar-refractivity contribution in [2.24, 2.45) is 0 Å². The number of rotatable bonds is 5. The Bertz CT molecular complexity index is 944. The van der Waals surface area contributed by atoms with Gasteiger partial charge in [0.1, 0.15) is 0 Å². The van der Waals surface area contributed by atoms with Crippen LogP contribution < -0.4 is 0 Å². The van der Waals surface area contributed by atoms with E-state index in [-0.39, 0.29) is 17.8 Å². The van der Waals surface area contributed by atoms with Gasteiger partial charge in [0.15, 0.2) is 0 Å². The Morgan fingerprint density at radius 1 is 0.862 bits per heavy atom. The summed E-state index contributed by atoms with van der Waals surface area (Å²) in [6, 6.07) is 24.9. The van der Waals surface area contributed by atoms with Gasteiger partial charge in [0.05, 0.1) is 23.4 Å². The Morgan fingerprint density at radius 2 is 1.45 bits per heavy atom. The molecule has 1 saturated heterocycles. The highest BCUT2D eigenvalue weighted by atomic mass is 19.4. The highest BCUT2D eigenvalue weighted by molar-refractivity contribution is 6.02. The molecule has 0 bridgehead atoms. The van der Waals surface area contributed by atoms with Gasteiger partial charge in [-0.25, -0.2) is 0 Å². The molecule has 0 saturated carbocycles. The number of nitrogens with one attached hydrogen (secondary N) is 1. The fraction of sp³-hybridized carbons (Fsp3) is 0.208. The Balaban J connectivity index is 1.66. The van der Waals surface area contributed by atoms with E-state index in [1.807, 2.05) is 36.4 Å². The van der Waals surface area contributed by atoms with Crippen LogP contribution in [0.25, 0.3) is 0 Å². The topological polar surface area (TPSA) is 27.1 Å². The first kappa shape index (κ1) is 19.4. The van der Waals surface area contributed by atoms with E-state index in [9.17, 15) is 13.2 Å². The first-order valence-corrected chi connectivity index (χ1v) is 9.57. The van der Waals surface area contributed by atoms with E-state index in [1.54, 1.807) is 6.07 Å². The minimum atomic E-state index is -4.41. The van der Waals surface area contributed by atoms with Crippen LogP contribution in [0.4, 0.5) is 13.2 Å². The Morgan fingerprint density at radius 3 is 1.93 bits per heavy atom. The fourth-order valence-electron chi connectivity index (χ4n) is 3.93. The molecular weight excluding hydrogens is 373 g/mol. The van der Waals surface area contributed by atoms with Crippen LogP contribution in [0.1, 0.15) is 34.7 Å². The average molecular weight is 394 g/mol. The lowest BCUT2D eigenvalue weighted by Crippen LogP contribution is -2.54. The molecule has 3 aromatic carbocycles.